The third-order valence-corrected chi connectivity index (χ3v) is 3.87. The molecule has 0 saturated carbocycles. The minimum absolute atomic E-state index is 0.0647. The maximum atomic E-state index is 12.3. The molecule has 2 aromatic rings. The Labute approximate surface area is 128 Å². The van der Waals surface area contributed by atoms with Crippen LogP contribution in [0.2, 0.25) is 0 Å². The fourth-order valence-electron chi connectivity index (χ4n) is 2.61. The summed E-state index contributed by atoms with van der Waals surface area (Å²) in [6, 6.07) is 0.205. The second-order valence-corrected chi connectivity index (χ2v) is 5.80. The number of carbonyl (C=O) groups excluding carboxylic acids is 1. The SMILES string of the molecule is COc1n[nH]c(NC(=O)[C@H]2CCc3nc(C(C)C)[nH]c3C2)n1. The van der Waals surface area contributed by atoms with E-state index in [1.807, 2.05) is 0 Å². The number of amides is 1. The topological polar surface area (TPSA) is 109 Å². The van der Waals surface area contributed by atoms with Crippen LogP contribution >= 0.6 is 0 Å². The van der Waals surface area contributed by atoms with Crippen LogP contribution in [-0.2, 0) is 17.6 Å². The molecule has 0 radical (unpaired) electrons. The summed E-state index contributed by atoms with van der Waals surface area (Å²) in [5.74, 6) is 1.50. The first-order valence-electron chi connectivity index (χ1n) is 7.41. The van der Waals surface area contributed by atoms with Crippen molar-refractivity contribution >= 4 is 11.9 Å². The van der Waals surface area contributed by atoms with Gasteiger partial charge in [-0.3, -0.25) is 10.1 Å². The van der Waals surface area contributed by atoms with Gasteiger partial charge in [-0.1, -0.05) is 13.8 Å². The Morgan fingerprint density at radius 2 is 2.23 bits per heavy atom. The minimum atomic E-state index is -0.0935. The smallest absolute Gasteiger partial charge is 0.336 e. The predicted octanol–water partition coefficient (Wildman–Crippen LogP) is 1.40. The zero-order chi connectivity index (χ0) is 15.7. The van der Waals surface area contributed by atoms with Gasteiger partial charge in [0, 0.05) is 24.0 Å². The molecule has 8 heteroatoms. The van der Waals surface area contributed by atoms with E-state index >= 15 is 0 Å². The van der Waals surface area contributed by atoms with E-state index < -0.39 is 0 Å². The second kappa shape index (κ2) is 5.78. The number of imidazole rings is 1. The highest BCUT2D eigenvalue weighted by atomic mass is 16.5. The first-order valence-corrected chi connectivity index (χ1v) is 7.41. The van der Waals surface area contributed by atoms with Crippen LogP contribution in [0.3, 0.4) is 0 Å². The van der Waals surface area contributed by atoms with Crippen molar-refractivity contribution in [1.82, 2.24) is 25.1 Å². The largest absolute Gasteiger partial charge is 0.466 e. The van der Waals surface area contributed by atoms with Gasteiger partial charge in [0.05, 0.1) is 12.8 Å². The van der Waals surface area contributed by atoms with Crippen molar-refractivity contribution in [2.24, 2.45) is 5.92 Å². The quantitative estimate of drug-likeness (QED) is 0.791. The van der Waals surface area contributed by atoms with Gasteiger partial charge in [0.15, 0.2) is 0 Å². The first-order chi connectivity index (χ1) is 10.6. The Morgan fingerprint density at radius 3 is 2.91 bits per heavy atom. The van der Waals surface area contributed by atoms with Gasteiger partial charge in [-0.25, -0.2) is 10.1 Å². The predicted molar refractivity (Wildman–Crippen MR) is 79.8 cm³/mol. The molecule has 1 amide bonds. The summed E-state index contributed by atoms with van der Waals surface area (Å²) in [7, 11) is 1.47. The third-order valence-electron chi connectivity index (χ3n) is 3.87. The van der Waals surface area contributed by atoms with Gasteiger partial charge >= 0.3 is 6.01 Å². The summed E-state index contributed by atoms with van der Waals surface area (Å²) in [4.78, 5) is 24.3. The van der Waals surface area contributed by atoms with Crippen molar-refractivity contribution in [2.75, 3.05) is 12.4 Å². The standard InChI is InChI=1S/C14H20N6O2/c1-7(2)11-15-9-5-4-8(6-10(9)16-11)12(21)17-13-18-14(22-3)20-19-13/h7-8H,4-6H2,1-3H3,(H,15,16)(H2,17,18,19,20,21)/t8-/m0/s1. The number of aromatic nitrogens is 5. The average molecular weight is 304 g/mol. The number of rotatable bonds is 4. The number of aromatic amines is 2. The number of anilines is 1. The van der Waals surface area contributed by atoms with Crippen LogP contribution < -0.4 is 10.1 Å². The lowest BCUT2D eigenvalue weighted by atomic mass is 9.89. The molecule has 0 aliphatic heterocycles. The van der Waals surface area contributed by atoms with Gasteiger partial charge < -0.3 is 9.72 Å². The van der Waals surface area contributed by atoms with Crippen LogP contribution in [-0.4, -0.2) is 38.2 Å². The fourth-order valence-corrected chi connectivity index (χ4v) is 2.61. The number of H-pyrrole nitrogens is 2. The fraction of sp³-hybridized carbons (Fsp3) is 0.571. The van der Waals surface area contributed by atoms with E-state index in [1.165, 1.54) is 7.11 Å². The molecule has 3 N–H and O–H groups in total. The van der Waals surface area contributed by atoms with Crippen molar-refractivity contribution < 1.29 is 9.53 Å². The molecule has 2 aromatic heterocycles. The number of hydrogen-bond acceptors (Lipinski definition) is 5. The van der Waals surface area contributed by atoms with Gasteiger partial charge in [0.2, 0.25) is 11.9 Å². The van der Waals surface area contributed by atoms with Crippen LogP contribution in [0.4, 0.5) is 5.95 Å². The number of methoxy groups -OCH3 is 1. The highest BCUT2D eigenvalue weighted by Gasteiger charge is 2.28. The van der Waals surface area contributed by atoms with Gasteiger partial charge in [0.25, 0.3) is 0 Å². The average Bonchev–Trinajstić information content (AvgIpc) is 3.12. The molecule has 22 heavy (non-hydrogen) atoms. The Bertz CT molecular complexity index is 675. The minimum Gasteiger partial charge on any atom is -0.466 e. The van der Waals surface area contributed by atoms with Crippen molar-refractivity contribution in [1.29, 1.82) is 0 Å². The van der Waals surface area contributed by atoms with E-state index in [0.717, 1.165) is 30.1 Å². The zero-order valence-electron chi connectivity index (χ0n) is 12.9. The van der Waals surface area contributed by atoms with Crippen molar-refractivity contribution in [3.05, 3.63) is 17.2 Å². The molecule has 118 valence electrons. The second-order valence-electron chi connectivity index (χ2n) is 5.80. The number of aryl methyl sites for hydroxylation is 1. The number of nitrogens with one attached hydrogen (secondary N) is 3. The summed E-state index contributed by atoms with van der Waals surface area (Å²) in [5.41, 5.74) is 2.17. The van der Waals surface area contributed by atoms with E-state index in [-0.39, 0.29) is 17.8 Å². The van der Waals surface area contributed by atoms with E-state index in [0.29, 0.717) is 18.3 Å². The van der Waals surface area contributed by atoms with E-state index in [4.69, 9.17) is 4.74 Å². The maximum Gasteiger partial charge on any atom is 0.336 e. The van der Waals surface area contributed by atoms with Gasteiger partial charge in [-0.05, 0) is 12.8 Å². The molecule has 0 unspecified atom stereocenters. The zero-order valence-corrected chi connectivity index (χ0v) is 12.9. The summed E-state index contributed by atoms with van der Waals surface area (Å²) >= 11 is 0. The summed E-state index contributed by atoms with van der Waals surface area (Å²) in [5, 5.41) is 9.17. The molecule has 2 heterocycles. The number of fused-ring (bicyclic) bond motifs is 1. The Hall–Kier alpha value is -2.38. The lowest BCUT2D eigenvalue weighted by Gasteiger charge is -2.19. The van der Waals surface area contributed by atoms with E-state index in [9.17, 15) is 4.79 Å². The van der Waals surface area contributed by atoms with E-state index in [1.54, 1.807) is 0 Å². The summed E-state index contributed by atoms with van der Waals surface area (Å²) in [6.07, 6.45) is 2.27. The molecule has 1 aliphatic carbocycles. The lowest BCUT2D eigenvalue weighted by molar-refractivity contribution is -0.120. The monoisotopic (exact) mass is 304 g/mol. The molecule has 3 rings (SSSR count). The van der Waals surface area contributed by atoms with Crippen LogP contribution in [0.15, 0.2) is 0 Å². The Morgan fingerprint density at radius 1 is 1.41 bits per heavy atom. The number of ether oxygens (including phenoxy) is 1. The molecule has 0 bridgehead atoms. The number of carbonyl (C=O) groups is 1. The molecular weight excluding hydrogens is 284 g/mol. The molecule has 0 aromatic carbocycles. The lowest BCUT2D eigenvalue weighted by Crippen LogP contribution is -2.28. The van der Waals surface area contributed by atoms with Crippen molar-refractivity contribution in [2.45, 2.75) is 39.0 Å². The molecular formula is C14H20N6O2. The van der Waals surface area contributed by atoms with Crippen LogP contribution in [0.1, 0.15) is 43.4 Å². The molecule has 0 fully saturated rings. The highest BCUT2D eigenvalue weighted by molar-refractivity contribution is 5.91. The van der Waals surface area contributed by atoms with Crippen LogP contribution in [0.5, 0.6) is 6.01 Å². The first kappa shape index (κ1) is 14.6. The van der Waals surface area contributed by atoms with E-state index in [2.05, 4.69) is 44.3 Å². The maximum absolute atomic E-state index is 12.3. The molecule has 0 saturated heterocycles. The molecule has 0 spiro atoms. The summed E-state index contributed by atoms with van der Waals surface area (Å²) in [6.45, 7) is 4.21. The number of hydrogen-bond donors (Lipinski definition) is 3. The molecule has 1 aliphatic rings. The highest BCUT2D eigenvalue weighted by Crippen LogP contribution is 2.26. The Kier molecular flexibility index (Phi) is 3.82. The summed E-state index contributed by atoms with van der Waals surface area (Å²) < 4.78 is 4.88. The third kappa shape index (κ3) is 2.81. The molecule has 1 atom stereocenters. The van der Waals surface area contributed by atoms with Crippen LogP contribution in [0, 0.1) is 5.92 Å². The van der Waals surface area contributed by atoms with Gasteiger partial charge in [-0.2, -0.15) is 4.98 Å². The van der Waals surface area contributed by atoms with Crippen molar-refractivity contribution in [3.8, 4) is 6.01 Å². The molecule has 8 nitrogen and oxygen atoms in total. The number of nitrogens with zero attached hydrogens (tertiary/aromatic N) is 3. The van der Waals surface area contributed by atoms with Gasteiger partial charge in [-0.15, -0.1) is 5.10 Å². The normalized spacial score (nSPS) is 17.4. The van der Waals surface area contributed by atoms with Gasteiger partial charge in [0.1, 0.15) is 5.82 Å². The van der Waals surface area contributed by atoms with Crippen molar-refractivity contribution in [3.63, 3.8) is 0 Å². The van der Waals surface area contributed by atoms with Crippen LogP contribution in [0.25, 0.3) is 0 Å². The Balaban J connectivity index is 1.67.